The van der Waals surface area contributed by atoms with Crippen LogP contribution < -0.4 is 5.32 Å². The number of hydrogen-bond donors (Lipinski definition) is 3. The van der Waals surface area contributed by atoms with E-state index in [9.17, 15) is 14.7 Å². The number of H-pyrrole nitrogens is 1. The number of carboxylic acids is 1. The molecule has 3 atom stereocenters. The Bertz CT molecular complexity index is 1060. The first-order valence-corrected chi connectivity index (χ1v) is 11.5. The zero-order valence-corrected chi connectivity index (χ0v) is 18.4. The summed E-state index contributed by atoms with van der Waals surface area (Å²) in [7, 11) is 0. The predicted molar refractivity (Wildman–Crippen MR) is 119 cm³/mol. The van der Waals surface area contributed by atoms with Gasteiger partial charge in [-0.15, -0.1) is 23.1 Å². The Kier molecular flexibility index (Phi) is 5.40. The Morgan fingerprint density at radius 1 is 1.38 bits per heavy atom. The van der Waals surface area contributed by atoms with Crippen LogP contribution >= 0.6 is 34.7 Å². The lowest BCUT2D eigenvalue weighted by molar-refractivity contribution is -0.139. The highest BCUT2D eigenvalue weighted by Crippen LogP contribution is 2.48. The van der Waals surface area contributed by atoms with E-state index >= 15 is 0 Å². The van der Waals surface area contributed by atoms with Gasteiger partial charge in [0.05, 0.1) is 9.59 Å². The maximum atomic E-state index is 12.9. The van der Waals surface area contributed by atoms with Gasteiger partial charge in [-0.1, -0.05) is 42.8 Å². The van der Waals surface area contributed by atoms with Crippen LogP contribution in [-0.4, -0.2) is 32.8 Å². The number of aromatic amines is 1. The number of carbonyl (C=O) groups excluding carboxylic acids is 1. The first-order valence-electron chi connectivity index (χ1n) is 9.38. The van der Waals surface area contributed by atoms with Gasteiger partial charge in [0.15, 0.2) is 0 Å². The topological polar surface area (TPSA) is 82.2 Å². The van der Waals surface area contributed by atoms with E-state index in [2.05, 4.69) is 10.3 Å². The SMILES string of the molecule is CCC(C)(S[C@@H]1c2ccccc2C[C@H]1NC(=O)c1cc2cc(Cl)sc2[nH]1)C(=O)O. The van der Waals surface area contributed by atoms with E-state index in [0.29, 0.717) is 22.9 Å². The number of halogens is 1. The van der Waals surface area contributed by atoms with Crippen LogP contribution in [0.5, 0.6) is 0 Å². The lowest BCUT2D eigenvalue weighted by Crippen LogP contribution is -2.40. The minimum absolute atomic E-state index is 0.123. The molecule has 1 amide bonds. The molecule has 0 aliphatic heterocycles. The molecule has 0 fully saturated rings. The average Bonchev–Trinajstić information content (AvgIpc) is 3.33. The Morgan fingerprint density at radius 2 is 2.14 bits per heavy atom. The minimum Gasteiger partial charge on any atom is -0.480 e. The molecule has 8 heteroatoms. The van der Waals surface area contributed by atoms with Crippen molar-refractivity contribution < 1.29 is 14.7 Å². The van der Waals surface area contributed by atoms with E-state index in [0.717, 1.165) is 21.3 Å². The van der Waals surface area contributed by atoms with E-state index in [1.54, 1.807) is 13.0 Å². The van der Waals surface area contributed by atoms with E-state index < -0.39 is 10.7 Å². The smallest absolute Gasteiger partial charge is 0.319 e. The number of benzene rings is 1. The van der Waals surface area contributed by atoms with Crippen molar-refractivity contribution in [3.05, 3.63) is 57.6 Å². The predicted octanol–water partition coefficient (Wildman–Crippen LogP) is 5.27. The fraction of sp³-hybridized carbons (Fsp3) is 0.333. The summed E-state index contributed by atoms with van der Waals surface area (Å²) in [4.78, 5) is 28.8. The van der Waals surface area contributed by atoms with Gasteiger partial charge in [0.25, 0.3) is 5.91 Å². The fourth-order valence-corrected chi connectivity index (χ4v) is 6.30. The van der Waals surface area contributed by atoms with Gasteiger partial charge in [0.1, 0.15) is 15.3 Å². The molecule has 29 heavy (non-hydrogen) atoms. The molecule has 3 aromatic rings. The number of carbonyl (C=O) groups is 2. The summed E-state index contributed by atoms with van der Waals surface area (Å²) in [6.45, 7) is 3.63. The van der Waals surface area contributed by atoms with Crippen LogP contribution in [0.25, 0.3) is 10.2 Å². The van der Waals surface area contributed by atoms with Crippen LogP contribution in [-0.2, 0) is 11.2 Å². The molecule has 0 saturated heterocycles. The number of hydrogen-bond acceptors (Lipinski definition) is 4. The number of thioether (sulfide) groups is 1. The van der Waals surface area contributed by atoms with E-state index in [1.165, 1.54) is 23.1 Å². The third-order valence-corrected chi connectivity index (χ3v) is 8.54. The van der Waals surface area contributed by atoms with Crippen molar-refractivity contribution in [1.29, 1.82) is 0 Å². The zero-order chi connectivity index (χ0) is 20.8. The van der Waals surface area contributed by atoms with Crippen LogP contribution in [0.2, 0.25) is 4.34 Å². The van der Waals surface area contributed by atoms with Crippen molar-refractivity contribution in [2.24, 2.45) is 0 Å². The standard InChI is InChI=1S/C21H21ClN2O3S2/c1-3-21(2,20(26)27)29-17-13-7-5-4-6-11(13)8-14(17)23-18(25)15-9-12-10-16(22)28-19(12)24-15/h4-7,9-10,14,17,24H,3,8H2,1-2H3,(H,23,25)(H,26,27)/t14-,17-,21?/m1/s1. The second kappa shape index (κ2) is 7.70. The van der Waals surface area contributed by atoms with Crippen LogP contribution in [0.1, 0.15) is 47.1 Å². The number of rotatable bonds is 6. The second-order valence-corrected chi connectivity index (χ2v) is 10.8. The molecule has 1 aliphatic carbocycles. The summed E-state index contributed by atoms with van der Waals surface area (Å²) in [5.74, 6) is -1.03. The molecule has 0 radical (unpaired) electrons. The monoisotopic (exact) mass is 448 g/mol. The molecule has 4 rings (SSSR count). The molecule has 0 bridgehead atoms. The minimum atomic E-state index is -0.920. The summed E-state index contributed by atoms with van der Waals surface area (Å²) in [6.07, 6.45) is 1.18. The molecule has 152 valence electrons. The van der Waals surface area contributed by atoms with Crippen LogP contribution in [0, 0.1) is 0 Å². The van der Waals surface area contributed by atoms with Gasteiger partial charge in [0, 0.05) is 11.4 Å². The quantitative estimate of drug-likeness (QED) is 0.480. The third-order valence-electron chi connectivity index (χ3n) is 5.52. The number of aromatic nitrogens is 1. The Morgan fingerprint density at radius 3 is 2.83 bits per heavy atom. The molecule has 1 unspecified atom stereocenters. The number of carboxylic acid groups (broad SMARTS) is 1. The Balaban J connectivity index is 1.60. The highest BCUT2D eigenvalue weighted by Gasteiger charge is 2.42. The molecule has 2 aromatic heterocycles. The number of fused-ring (bicyclic) bond motifs is 2. The summed E-state index contributed by atoms with van der Waals surface area (Å²) in [6, 6.07) is 11.5. The molecular weight excluding hydrogens is 428 g/mol. The maximum Gasteiger partial charge on any atom is 0.319 e. The molecule has 1 aliphatic rings. The van der Waals surface area contributed by atoms with Gasteiger partial charge >= 0.3 is 5.97 Å². The Labute approximate surface area is 181 Å². The first-order chi connectivity index (χ1) is 13.8. The third kappa shape index (κ3) is 3.79. The summed E-state index contributed by atoms with van der Waals surface area (Å²) < 4.78 is -0.245. The van der Waals surface area contributed by atoms with E-state index in [1.807, 2.05) is 37.3 Å². The van der Waals surface area contributed by atoms with Gasteiger partial charge in [-0.25, -0.2) is 0 Å². The van der Waals surface area contributed by atoms with Gasteiger partial charge in [-0.2, -0.15) is 0 Å². The van der Waals surface area contributed by atoms with Crippen molar-refractivity contribution in [2.75, 3.05) is 0 Å². The summed E-state index contributed by atoms with van der Waals surface area (Å²) >= 11 is 8.83. The number of nitrogens with one attached hydrogen (secondary N) is 2. The lowest BCUT2D eigenvalue weighted by atomic mass is 10.1. The zero-order valence-electron chi connectivity index (χ0n) is 16.0. The average molecular weight is 449 g/mol. The molecule has 0 saturated carbocycles. The van der Waals surface area contributed by atoms with Crippen molar-refractivity contribution in [2.45, 2.75) is 42.7 Å². The second-order valence-electron chi connectivity index (χ2n) is 7.43. The van der Waals surface area contributed by atoms with Gasteiger partial charge in [-0.3, -0.25) is 9.59 Å². The highest BCUT2D eigenvalue weighted by molar-refractivity contribution is 8.01. The van der Waals surface area contributed by atoms with Crippen LogP contribution in [0.4, 0.5) is 0 Å². The molecule has 3 N–H and O–H groups in total. The van der Waals surface area contributed by atoms with Gasteiger partial charge in [0.2, 0.25) is 0 Å². The van der Waals surface area contributed by atoms with Gasteiger partial charge in [-0.05, 0) is 43.0 Å². The van der Waals surface area contributed by atoms with E-state index in [4.69, 9.17) is 11.6 Å². The molecule has 2 heterocycles. The molecule has 0 spiro atoms. The normalized spacial score (nSPS) is 20.4. The summed E-state index contributed by atoms with van der Waals surface area (Å²) in [5, 5.41) is 13.7. The van der Waals surface area contributed by atoms with Gasteiger partial charge < -0.3 is 15.4 Å². The first kappa shape index (κ1) is 20.3. The largest absolute Gasteiger partial charge is 0.480 e. The highest BCUT2D eigenvalue weighted by atomic mass is 35.5. The molecule has 1 aromatic carbocycles. The van der Waals surface area contributed by atoms with Crippen LogP contribution in [0.3, 0.4) is 0 Å². The fourth-order valence-electron chi connectivity index (χ4n) is 3.66. The Hall–Kier alpha value is -1.96. The van der Waals surface area contributed by atoms with Crippen molar-refractivity contribution in [3.8, 4) is 0 Å². The molecule has 5 nitrogen and oxygen atoms in total. The van der Waals surface area contributed by atoms with Crippen LogP contribution in [0.15, 0.2) is 36.4 Å². The number of aliphatic carboxylic acids is 1. The van der Waals surface area contributed by atoms with E-state index in [-0.39, 0.29) is 17.2 Å². The number of amides is 1. The van der Waals surface area contributed by atoms with Crippen molar-refractivity contribution in [1.82, 2.24) is 10.3 Å². The molecular formula is C21H21ClN2O3S2. The van der Waals surface area contributed by atoms with Crippen molar-refractivity contribution >= 4 is 56.8 Å². The van der Waals surface area contributed by atoms with Crippen molar-refractivity contribution in [3.63, 3.8) is 0 Å². The summed E-state index contributed by atoms with van der Waals surface area (Å²) in [5.41, 5.74) is 2.74. The number of thiophene rings is 1. The maximum absolute atomic E-state index is 12.9. The lowest BCUT2D eigenvalue weighted by Gasteiger charge is -2.30.